The van der Waals surface area contributed by atoms with Gasteiger partial charge in [0.15, 0.2) is 0 Å². The average Bonchev–Trinajstić information content (AvgIpc) is 2.58. The normalized spacial score (nSPS) is 17.1. The Bertz CT molecular complexity index is 493. The number of hydrogen-bond acceptors (Lipinski definition) is 3. The molecule has 0 saturated heterocycles. The highest BCUT2D eigenvalue weighted by Crippen LogP contribution is 2.48. The molecule has 1 N–H and O–H groups in total. The number of unbranched alkanes of at least 4 members (excludes halogenated alkanes) is 1. The third-order valence-corrected chi connectivity index (χ3v) is 5.64. The van der Waals surface area contributed by atoms with Gasteiger partial charge in [-0.25, -0.2) is 0 Å². The van der Waals surface area contributed by atoms with Crippen molar-refractivity contribution >= 4 is 0 Å². The first-order valence-electron chi connectivity index (χ1n) is 10.7. The van der Waals surface area contributed by atoms with E-state index in [1.807, 2.05) is 6.92 Å². The molecule has 1 aliphatic carbocycles. The summed E-state index contributed by atoms with van der Waals surface area (Å²) >= 11 is 0. The van der Waals surface area contributed by atoms with Crippen LogP contribution < -0.4 is 10.1 Å². The molecule has 1 aromatic carbocycles. The Hall–Kier alpha value is -1.06. The smallest absolute Gasteiger partial charge is 0.119 e. The molecule has 1 aliphatic rings. The van der Waals surface area contributed by atoms with Crippen molar-refractivity contribution in [3.05, 3.63) is 29.8 Å². The minimum Gasteiger partial charge on any atom is -0.494 e. The summed E-state index contributed by atoms with van der Waals surface area (Å²) in [6.45, 7) is 12.3. The van der Waals surface area contributed by atoms with E-state index in [1.165, 1.54) is 37.7 Å². The minimum atomic E-state index is 0.276. The molecule has 1 saturated carbocycles. The topological polar surface area (TPSA) is 30.5 Å². The monoisotopic (exact) mass is 361 g/mol. The average molecular weight is 362 g/mol. The van der Waals surface area contributed by atoms with Crippen molar-refractivity contribution in [2.75, 3.05) is 26.4 Å². The Morgan fingerprint density at radius 3 is 2.35 bits per heavy atom. The van der Waals surface area contributed by atoms with Gasteiger partial charge in [0.2, 0.25) is 0 Å². The predicted octanol–water partition coefficient (Wildman–Crippen LogP) is 5.33. The van der Waals surface area contributed by atoms with Crippen molar-refractivity contribution in [2.24, 2.45) is 5.92 Å². The van der Waals surface area contributed by atoms with Gasteiger partial charge in [-0.3, -0.25) is 0 Å². The lowest BCUT2D eigenvalue weighted by molar-refractivity contribution is 0.110. The van der Waals surface area contributed by atoms with Crippen LogP contribution in [0.1, 0.15) is 71.8 Å². The zero-order valence-corrected chi connectivity index (χ0v) is 17.4. The highest BCUT2D eigenvalue weighted by molar-refractivity contribution is 5.35. The molecule has 0 aliphatic heterocycles. The van der Waals surface area contributed by atoms with Crippen molar-refractivity contribution in [2.45, 2.75) is 77.7 Å². The summed E-state index contributed by atoms with van der Waals surface area (Å²) in [6, 6.07) is 9.37. The summed E-state index contributed by atoms with van der Waals surface area (Å²) in [6.07, 6.45) is 7.46. The SMILES string of the molecule is CCCCOCCNC(CC(C)C)C1(c2ccc(OCC)cc2)CCC1. The molecule has 1 unspecified atom stereocenters. The molecule has 0 bridgehead atoms. The van der Waals surface area contributed by atoms with Crippen LogP contribution in [0.3, 0.4) is 0 Å². The summed E-state index contributed by atoms with van der Waals surface area (Å²) < 4.78 is 11.4. The van der Waals surface area contributed by atoms with Crippen LogP contribution >= 0.6 is 0 Å². The Labute approximate surface area is 160 Å². The summed E-state index contributed by atoms with van der Waals surface area (Å²) in [5.74, 6) is 1.66. The van der Waals surface area contributed by atoms with E-state index in [2.05, 4.69) is 50.4 Å². The number of benzene rings is 1. The first-order chi connectivity index (χ1) is 12.6. The van der Waals surface area contributed by atoms with Gasteiger partial charge in [0.05, 0.1) is 13.2 Å². The largest absolute Gasteiger partial charge is 0.494 e. The molecule has 0 amide bonds. The van der Waals surface area contributed by atoms with Crippen LogP contribution in [0.4, 0.5) is 0 Å². The molecule has 2 rings (SSSR count). The number of ether oxygens (including phenoxy) is 2. The van der Waals surface area contributed by atoms with Gasteiger partial charge >= 0.3 is 0 Å². The molecule has 0 aromatic heterocycles. The van der Waals surface area contributed by atoms with Gasteiger partial charge in [0.1, 0.15) is 5.75 Å². The molecule has 3 nitrogen and oxygen atoms in total. The van der Waals surface area contributed by atoms with Crippen LogP contribution in [0.2, 0.25) is 0 Å². The maximum Gasteiger partial charge on any atom is 0.119 e. The van der Waals surface area contributed by atoms with E-state index in [1.54, 1.807) is 0 Å². The van der Waals surface area contributed by atoms with Gasteiger partial charge in [-0.1, -0.05) is 45.7 Å². The van der Waals surface area contributed by atoms with E-state index >= 15 is 0 Å². The van der Waals surface area contributed by atoms with E-state index in [0.29, 0.717) is 12.0 Å². The standard InChI is InChI=1S/C23H39NO2/c1-5-7-16-25-17-15-24-22(18-19(3)4)23(13-8-14-23)20-9-11-21(12-10-20)26-6-2/h9-12,19,22,24H,5-8,13-18H2,1-4H3. The molecular weight excluding hydrogens is 322 g/mol. The van der Waals surface area contributed by atoms with Gasteiger partial charge in [-0.15, -0.1) is 0 Å². The van der Waals surface area contributed by atoms with Crippen LogP contribution in [-0.4, -0.2) is 32.4 Å². The lowest BCUT2D eigenvalue weighted by Crippen LogP contribution is -2.54. The van der Waals surface area contributed by atoms with Gasteiger partial charge in [0, 0.05) is 24.6 Å². The molecule has 0 spiro atoms. The quantitative estimate of drug-likeness (QED) is 0.482. The maximum absolute atomic E-state index is 5.76. The Morgan fingerprint density at radius 1 is 1.08 bits per heavy atom. The lowest BCUT2D eigenvalue weighted by atomic mass is 9.59. The Morgan fingerprint density at radius 2 is 1.81 bits per heavy atom. The van der Waals surface area contributed by atoms with Crippen LogP contribution in [0, 0.1) is 5.92 Å². The number of nitrogens with one attached hydrogen (secondary N) is 1. The fourth-order valence-electron chi connectivity index (χ4n) is 4.08. The molecule has 1 aromatic rings. The summed E-state index contributed by atoms with van der Waals surface area (Å²) in [4.78, 5) is 0. The van der Waals surface area contributed by atoms with E-state index in [-0.39, 0.29) is 5.41 Å². The van der Waals surface area contributed by atoms with Crippen molar-refractivity contribution in [3.63, 3.8) is 0 Å². The highest BCUT2D eigenvalue weighted by atomic mass is 16.5. The number of rotatable bonds is 13. The second-order valence-corrected chi connectivity index (χ2v) is 8.07. The van der Waals surface area contributed by atoms with Crippen LogP contribution in [0.25, 0.3) is 0 Å². The van der Waals surface area contributed by atoms with Crippen molar-refractivity contribution in [1.29, 1.82) is 0 Å². The molecular formula is C23H39NO2. The molecule has 0 heterocycles. The first-order valence-corrected chi connectivity index (χ1v) is 10.7. The zero-order chi connectivity index (χ0) is 18.8. The van der Waals surface area contributed by atoms with E-state index in [4.69, 9.17) is 9.47 Å². The molecule has 1 fully saturated rings. The molecule has 26 heavy (non-hydrogen) atoms. The second kappa shape index (κ2) is 10.9. The highest BCUT2D eigenvalue weighted by Gasteiger charge is 2.45. The fourth-order valence-corrected chi connectivity index (χ4v) is 4.08. The van der Waals surface area contributed by atoms with Crippen molar-refractivity contribution in [3.8, 4) is 5.75 Å². The number of hydrogen-bond donors (Lipinski definition) is 1. The molecule has 3 heteroatoms. The van der Waals surface area contributed by atoms with E-state index in [0.717, 1.165) is 38.5 Å². The van der Waals surface area contributed by atoms with Crippen LogP contribution in [-0.2, 0) is 10.2 Å². The summed E-state index contributed by atoms with van der Waals surface area (Å²) in [7, 11) is 0. The zero-order valence-electron chi connectivity index (χ0n) is 17.4. The van der Waals surface area contributed by atoms with Gasteiger partial charge in [-0.2, -0.15) is 0 Å². The van der Waals surface area contributed by atoms with Gasteiger partial charge < -0.3 is 14.8 Å². The van der Waals surface area contributed by atoms with Crippen molar-refractivity contribution in [1.82, 2.24) is 5.32 Å². The fraction of sp³-hybridized carbons (Fsp3) is 0.739. The summed E-state index contributed by atoms with van der Waals surface area (Å²) in [5.41, 5.74) is 1.75. The van der Waals surface area contributed by atoms with E-state index < -0.39 is 0 Å². The molecule has 0 radical (unpaired) electrons. The Balaban J connectivity index is 2.02. The predicted molar refractivity (Wildman–Crippen MR) is 110 cm³/mol. The maximum atomic E-state index is 5.76. The van der Waals surface area contributed by atoms with Crippen LogP contribution in [0.5, 0.6) is 5.75 Å². The lowest BCUT2D eigenvalue weighted by Gasteiger charge is -2.49. The van der Waals surface area contributed by atoms with Gasteiger partial charge in [-0.05, 0) is 56.2 Å². The Kier molecular flexibility index (Phi) is 8.94. The minimum absolute atomic E-state index is 0.276. The van der Waals surface area contributed by atoms with Gasteiger partial charge in [0.25, 0.3) is 0 Å². The third-order valence-electron chi connectivity index (χ3n) is 5.64. The molecule has 1 atom stereocenters. The summed E-state index contributed by atoms with van der Waals surface area (Å²) in [5, 5.41) is 3.85. The molecule has 148 valence electrons. The van der Waals surface area contributed by atoms with E-state index in [9.17, 15) is 0 Å². The first kappa shape index (κ1) is 21.2. The van der Waals surface area contributed by atoms with Crippen LogP contribution in [0.15, 0.2) is 24.3 Å². The second-order valence-electron chi connectivity index (χ2n) is 8.07. The van der Waals surface area contributed by atoms with Crippen molar-refractivity contribution < 1.29 is 9.47 Å². The third kappa shape index (κ3) is 5.72.